The fourth-order valence-corrected chi connectivity index (χ4v) is 1.96. The molecule has 1 unspecified atom stereocenters. The van der Waals surface area contributed by atoms with Gasteiger partial charge in [0.15, 0.2) is 0 Å². The Kier molecular flexibility index (Phi) is 2.66. The maximum Gasteiger partial charge on any atom is 0.225 e. The van der Waals surface area contributed by atoms with E-state index in [0.717, 1.165) is 16.1 Å². The van der Waals surface area contributed by atoms with Gasteiger partial charge < -0.3 is 4.90 Å². The molecule has 1 fully saturated rings. The molecular formula is C9H12IN3. The van der Waals surface area contributed by atoms with Crippen molar-refractivity contribution in [3.05, 3.63) is 16.0 Å². The maximum absolute atomic E-state index is 4.32. The van der Waals surface area contributed by atoms with Crippen LogP contribution in [0, 0.1) is 3.57 Å². The number of anilines is 1. The second-order valence-corrected chi connectivity index (χ2v) is 4.63. The van der Waals surface area contributed by atoms with Crippen LogP contribution >= 0.6 is 22.6 Å². The van der Waals surface area contributed by atoms with Crippen LogP contribution < -0.4 is 4.90 Å². The van der Waals surface area contributed by atoms with E-state index in [1.165, 1.54) is 12.8 Å². The fourth-order valence-electron chi connectivity index (χ4n) is 1.68. The smallest absolute Gasteiger partial charge is 0.225 e. The first-order valence-electron chi connectivity index (χ1n) is 4.51. The van der Waals surface area contributed by atoms with Crippen LogP contribution in [0.1, 0.15) is 19.8 Å². The largest absolute Gasteiger partial charge is 0.338 e. The molecule has 1 aromatic heterocycles. The van der Waals surface area contributed by atoms with Crippen molar-refractivity contribution in [2.24, 2.45) is 0 Å². The van der Waals surface area contributed by atoms with Crippen molar-refractivity contribution in [3.63, 3.8) is 0 Å². The lowest BCUT2D eigenvalue weighted by Crippen LogP contribution is -2.28. The number of rotatable bonds is 1. The van der Waals surface area contributed by atoms with Crippen LogP contribution in [-0.2, 0) is 0 Å². The average Bonchev–Trinajstić information content (AvgIpc) is 2.53. The summed E-state index contributed by atoms with van der Waals surface area (Å²) in [6.07, 6.45) is 6.26. The van der Waals surface area contributed by atoms with E-state index < -0.39 is 0 Å². The normalized spacial score (nSPS) is 22.3. The highest BCUT2D eigenvalue weighted by atomic mass is 127. The second kappa shape index (κ2) is 3.77. The SMILES string of the molecule is CC1CCCN1c1ncc(I)cn1. The predicted octanol–water partition coefficient (Wildman–Crippen LogP) is 2.07. The lowest BCUT2D eigenvalue weighted by Gasteiger charge is -2.20. The molecule has 0 spiro atoms. The third-order valence-corrected chi connectivity index (χ3v) is 2.97. The standard InChI is InChI=1S/C9H12IN3/c1-7-3-2-4-13(7)9-11-5-8(10)6-12-9/h5-7H,2-4H2,1H3. The highest BCUT2D eigenvalue weighted by molar-refractivity contribution is 14.1. The minimum absolute atomic E-state index is 0.597. The molecule has 0 N–H and O–H groups in total. The third kappa shape index (κ3) is 1.92. The van der Waals surface area contributed by atoms with Gasteiger partial charge in [0.05, 0.1) is 0 Å². The Labute approximate surface area is 91.7 Å². The molecule has 1 aliphatic heterocycles. The number of hydrogen-bond donors (Lipinski definition) is 0. The molecule has 0 radical (unpaired) electrons. The Morgan fingerprint density at radius 2 is 2.15 bits per heavy atom. The van der Waals surface area contributed by atoms with Crippen molar-refractivity contribution < 1.29 is 0 Å². The van der Waals surface area contributed by atoms with E-state index in [9.17, 15) is 0 Å². The van der Waals surface area contributed by atoms with Crippen LogP contribution in [0.4, 0.5) is 5.95 Å². The molecule has 0 amide bonds. The number of aromatic nitrogens is 2. The Morgan fingerprint density at radius 1 is 1.46 bits per heavy atom. The summed E-state index contributed by atoms with van der Waals surface area (Å²) in [5, 5.41) is 0. The van der Waals surface area contributed by atoms with Crippen molar-refractivity contribution in [2.45, 2.75) is 25.8 Å². The fraction of sp³-hybridized carbons (Fsp3) is 0.556. The summed E-state index contributed by atoms with van der Waals surface area (Å²) < 4.78 is 1.09. The number of nitrogens with zero attached hydrogens (tertiary/aromatic N) is 3. The minimum Gasteiger partial charge on any atom is -0.338 e. The van der Waals surface area contributed by atoms with Gasteiger partial charge in [-0.3, -0.25) is 0 Å². The molecule has 70 valence electrons. The predicted molar refractivity (Wildman–Crippen MR) is 60.8 cm³/mol. The molecule has 4 heteroatoms. The van der Waals surface area contributed by atoms with Crippen LogP contribution in [0.3, 0.4) is 0 Å². The van der Waals surface area contributed by atoms with Crippen LogP contribution in [0.15, 0.2) is 12.4 Å². The highest BCUT2D eigenvalue weighted by Gasteiger charge is 2.22. The molecule has 1 atom stereocenters. The van der Waals surface area contributed by atoms with Crippen molar-refractivity contribution in [2.75, 3.05) is 11.4 Å². The first-order valence-corrected chi connectivity index (χ1v) is 5.59. The van der Waals surface area contributed by atoms with Gasteiger partial charge in [0.25, 0.3) is 0 Å². The summed E-state index contributed by atoms with van der Waals surface area (Å²) in [5.74, 6) is 0.880. The van der Waals surface area contributed by atoms with Gasteiger partial charge in [0.1, 0.15) is 0 Å². The molecule has 0 aliphatic carbocycles. The van der Waals surface area contributed by atoms with Gasteiger partial charge in [-0.1, -0.05) is 0 Å². The monoisotopic (exact) mass is 289 g/mol. The van der Waals surface area contributed by atoms with Crippen molar-refractivity contribution in [1.29, 1.82) is 0 Å². The van der Waals surface area contributed by atoms with Gasteiger partial charge in [-0.15, -0.1) is 0 Å². The van der Waals surface area contributed by atoms with Gasteiger partial charge in [-0.05, 0) is 42.4 Å². The quantitative estimate of drug-likeness (QED) is 0.741. The van der Waals surface area contributed by atoms with Gasteiger partial charge in [-0.25, -0.2) is 9.97 Å². The second-order valence-electron chi connectivity index (χ2n) is 3.39. The molecule has 2 rings (SSSR count). The van der Waals surface area contributed by atoms with Crippen LogP contribution in [0.25, 0.3) is 0 Å². The van der Waals surface area contributed by atoms with E-state index in [4.69, 9.17) is 0 Å². The van der Waals surface area contributed by atoms with Crippen LogP contribution in [0.5, 0.6) is 0 Å². The van der Waals surface area contributed by atoms with E-state index in [0.29, 0.717) is 6.04 Å². The van der Waals surface area contributed by atoms with Crippen molar-refractivity contribution >= 4 is 28.5 Å². The molecule has 1 saturated heterocycles. The van der Waals surface area contributed by atoms with E-state index in [1.54, 1.807) is 0 Å². The lowest BCUT2D eigenvalue weighted by atomic mass is 10.2. The van der Waals surface area contributed by atoms with Crippen LogP contribution in [-0.4, -0.2) is 22.6 Å². The summed E-state index contributed by atoms with van der Waals surface area (Å²) >= 11 is 2.22. The molecule has 1 aliphatic rings. The molecule has 13 heavy (non-hydrogen) atoms. The van der Waals surface area contributed by atoms with Gasteiger partial charge in [-0.2, -0.15) is 0 Å². The highest BCUT2D eigenvalue weighted by Crippen LogP contribution is 2.21. The summed E-state index contributed by atoms with van der Waals surface area (Å²) in [7, 11) is 0. The number of halogens is 1. The Morgan fingerprint density at radius 3 is 2.69 bits per heavy atom. The Bertz CT molecular complexity index is 285. The molecule has 1 aromatic rings. The Hall–Kier alpha value is -0.390. The first kappa shape index (κ1) is 9.18. The molecule has 0 aromatic carbocycles. The minimum atomic E-state index is 0.597. The molecule has 0 saturated carbocycles. The summed E-state index contributed by atoms with van der Waals surface area (Å²) in [6.45, 7) is 3.33. The first-order chi connectivity index (χ1) is 6.27. The summed E-state index contributed by atoms with van der Waals surface area (Å²) in [4.78, 5) is 10.9. The van der Waals surface area contributed by atoms with Gasteiger partial charge in [0.2, 0.25) is 5.95 Å². The van der Waals surface area contributed by atoms with E-state index in [-0.39, 0.29) is 0 Å². The maximum atomic E-state index is 4.32. The zero-order valence-corrected chi connectivity index (χ0v) is 9.73. The number of hydrogen-bond acceptors (Lipinski definition) is 3. The molecule has 2 heterocycles. The van der Waals surface area contributed by atoms with Crippen molar-refractivity contribution in [3.8, 4) is 0 Å². The van der Waals surface area contributed by atoms with Crippen LogP contribution in [0.2, 0.25) is 0 Å². The zero-order valence-electron chi connectivity index (χ0n) is 7.57. The lowest BCUT2D eigenvalue weighted by molar-refractivity contribution is 0.716. The average molecular weight is 289 g/mol. The van der Waals surface area contributed by atoms with Gasteiger partial charge >= 0.3 is 0 Å². The van der Waals surface area contributed by atoms with Crippen molar-refractivity contribution in [1.82, 2.24) is 9.97 Å². The summed E-state index contributed by atoms with van der Waals surface area (Å²) in [5.41, 5.74) is 0. The summed E-state index contributed by atoms with van der Waals surface area (Å²) in [6, 6.07) is 0.597. The molecule has 0 bridgehead atoms. The van der Waals surface area contributed by atoms with E-state index in [1.807, 2.05) is 12.4 Å². The van der Waals surface area contributed by atoms with E-state index >= 15 is 0 Å². The molecular weight excluding hydrogens is 277 g/mol. The van der Waals surface area contributed by atoms with E-state index in [2.05, 4.69) is 44.4 Å². The molecule has 3 nitrogen and oxygen atoms in total. The Balaban J connectivity index is 2.20. The van der Waals surface area contributed by atoms with Gasteiger partial charge in [0, 0.05) is 28.6 Å². The zero-order chi connectivity index (χ0) is 9.26. The topological polar surface area (TPSA) is 29.0 Å². The third-order valence-electron chi connectivity index (χ3n) is 2.42.